The first-order valence-electron chi connectivity index (χ1n) is 12.5. The van der Waals surface area contributed by atoms with Gasteiger partial charge in [-0.15, -0.1) is 0 Å². The Labute approximate surface area is 227 Å². The average Bonchev–Trinajstić information content (AvgIpc) is 3.35. The van der Waals surface area contributed by atoms with Crippen molar-refractivity contribution in [3.8, 4) is 68.1 Å². The second-order valence-corrected chi connectivity index (χ2v) is 9.14. The number of benzene rings is 3. The zero-order valence-corrected chi connectivity index (χ0v) is 23.1. The smallest absolute Gasteiger partial charge is 0.165 e. The lowest BCUT2D eigenvalue weighted by atomic mass is 9.93. The minimum atomic E-state index is -0.0281. The number of ether oxygens (including phenoxy) is 6. The van der Waals surface area contributed by atoms with Crippen molar-refractivity contribution in [3.05, 3.63) is 54.8 Å². The molecular formula is C31H31NO7. The topological polar surface area (TPSA) is 81.4 Å². The molecule has 2 heterocycles. The van der Waals surface area contributed by atoms with E-state index in [2.05, 4.69) is 0 Å². The van der Waals surface area contributed by atoms with Gasteiger partial charge in [0.15, 0.2) is 34.5 Å². The maximum absolute atomic E-state index is 6.06. The molecule has 0 amide bonds. The van der Waals surface area contributed by atoms with Gasteiger partial charge in [-0.05, 0) is 55.8 Å². The molecule has 3 aromatic carbocycles. The van der Waals surface area contributed by atoms with Crippen LogP contribution in [-0.4, -0.2) is 46.6 Å². The summed E-state index contributed by atoms with van der Waals surface area (Å²) in [7, 11) is 8.08. The Morgan fingerprint density at radius 2 is 1.18 bits per heavy atom. The summed E-state index contributed by atoms with van der Waals surface area (Å²) in [6.07, 6.45) is 1.64. The number of hydrogen-bond acceptors (Lipinski definition) is 8. The van der Waals surface area contributed by atoms with Crippen molar-refractivity contribution < 1.29 is 32.8 Å². The summed E-state index contributed by atoms with van der Waals surface area (Å²) in [6.45, 7) is 3.94. The van der Waals surface area contributed by atoms with Crippen LogP contribution in [0.4, 0.5) is 0 Å². The fraction of sp³-hybridized carbons (Fsp3) is 0.258. The van der Waals surface area contributed by atoms with Crippen molar-refractivity contribution in [2.45, 2.75) is 20.0 Å². The first kappa shape index (κ1) is 26.0. The molecule has 2 aliphatic heterocycles. The second kappa shape index (κ2) is 10.6. The van der Waals surface area contributed by atoms with Gasteiger partial charge in [0.1, 0.15) is 17.5 Å². The molecule has 8 nitrogen and oxygen atoms in total. The molecule has 202 valence electrons. The number of aromatic nitrogens is 1. The highest BCUT2D eigenvalue weighted by molar-refractivity contribution is 6.07. The Balaban J connectivity index is 1.86. The minimum Gasteiger partial charge on any atom is -0.493 e. The molecule has 0 radical (unpaired) electrons. The molecule has 0 fully saturated rings. The summed E-state index contributed by atoms with van der Waals surface area (Å²) in [5.41, 5.74) is 5.65. The van der Waals surface area contributed by atoms with E-state index in [1.165, 1.54) is 0 Å². The van der Waals surface area contributed by atoms with Gasteiger partial charge in [0.2, 0.25) is 0 Å². The van der Waals surface area contributed by atoms with Crippen LogP contribution in [0.2, 0.25) is 0 Å². The van der Waals surface area contributed by atoms with Gasteiger partial charge < -0.3 is 32.8 Å². The van der Waals surface area contributed by atoms with Crippen LogP contribution in [-0.2, 0) is 0 Å². The van der Waals surface area contributed by atoms with Crippen molar-refractivity contribution in [1.29, 1.82) is 0 Å². The maximum Gasteiger partial charge on any atom is 0.165 e. The summed E-state index contributed by atoms with van der Waals surface area (Å²) in [6, 6.07) is 15.4. The maximum atomic E-state index is 6.06. The standard InChI is InChI=1S/C31H31NO7/c1-17(2)39-28-15-24-20(14-27(28)37-7)30-21(16-38-24)32-31(19-9-11-23(34-4)26(13-19)36-6)29(30)18-8-10-22(33-3)25(12-18)35-5/h8-17H,1-7H3. The number of fused-ring (bicyclic) bond motifs is 3. The minimum absolute atomic E-state index is 0.0281. The Kier molecular flexibility index (Phi) is 7.11. The molecule has 8 heteroatoms. The molecule has 0 atom stereocenters. The summed E-state index contributed by atoms with van der Waals surface area (Å²) in [5.74, 6) is 3.69. The van der Waals surface area contributed by atoms with Crippen LogP contribution in [0, 0.1) is 0 Å². The van der Waals surface area contributed by atoms with E-state index in [4.69, 9.17) is 37.8 Å². The van der Waals surface area contributed by atoms with E-state index >= 15 is 0 Å². The Bertz CT molecular complexity index is 1600. The Morgan fingerprint density at radius 3 is 1.77 bits per heavy atom. The van der Waals surface area contributed by atoms with E-state index in [9.17, 15) is 0 Å². The molecule has 2 aliphatic rings. The second-order valence-electron chi connectivity index (χ2n) is 9.14. The van der Waals surface area contributed by atoms with Crippen molar-refractivity contribution >= 4 is 11.0 Å². The van der Waals surface area contributed by atoms with Crippen LogP contribution < -0.4 is 28.4 Å². The number of hydrogen-bond donors (Lipinski definition) is 0. The first-order valence-corrected chi connectivity index (χ1v) is 12.5. The van der Waals surface area contributed by atoms with Gasteiger partial charge in [0.05, 0.1) is 47.3 Å². The lowest BCUT2D eigenvalue weighted by Gasteiger charge is -2.16. The molecule has 0 saturated carbocycles. The summed E-state index contributed by atoms with van der Waals surface area (Å²) < 4.78 is 40.0. The largest absolute Gasteiger partial charge is 0.493 e. The predicted molar refractivity (Wildman–Crippen MR) is 150 cm³/mol. The van der Waals surface area contributed by atoms with Crippen LogP contribution >= 0.6 is 0 Å². The zero-order valence-electron chi connectivity index (χ0n) is 23.1. The van der Waals surface area contributed by atoms with Gasteiger partial charge in [-0.2, -0.15) is 0 Å². The van der Waals surface area contributed by atoms with Gasteiger partial charge in [0.25, 0.3) is 0 Å². The highest BCUT2D eigenvalue weighted by Crippen LogP contribution is 2.49. The monoisotopic (exact) mass is 529 g/mol. The van der Waals surface area contributed by atoms with Crippen LogP contribution in [0.3, 0.4) is 0 Å². The third kappa shape index (κ3) is 4.63. The van der Waals surface area contributed by atoms with E-state index < -0.39 is 0 Å². The van der Waals surface area contributed by atoms with Gasteiger partial charge in [0, 0.05) is 28.1 Å². The van der Waals surface area contributed by atoms with Crippen molar-refractivity contribution in [1.82, 2.24) is 4.98 Å². The molecule has 0 N–H and O–H groups in total. The molecule has 0 unspecified atom stereocenters. The number of rotatable bonds is 9. The first-order chi connectivity index (χ1) is 18.9. The molecule has 0 aromatic heterocycles. The third-order valence-electron chi connectivity index (χ3n) is 6.50. The van der Waals surface area contributed by atoms with Crippen LogP contribution in [0.1, 0.15) is 13.8 Å². The van der Waals surface area contributed by atoms with Gasteiger partial charge in [-0.25, -0.2) is 4.98 Å². The average molecular weight is 530 g/mol. The lowest BCUT2D eigenvalue weighted by Crippen LogP contribution is -2.06. The molecule has 0 spiro atoms. The fourth-order valence-corrected chi connectivity index (χ4v) is 4.76. The van der Waals surface area contributed by atoms with Crippen molar-refractivity contribution in [3.63, 3.8) is 0 Å². The molecule has 5 rings (SSSR count). The van der Waals surface area contributed by atoms with Crippen molar-refractivity contribution in [2.75, 3.05) is 35.5 Å². The Hall–Kier alpha value is -4.59. The highest BCUT2D eigenvalue weighted by Gasteiger charge is 2.27. The summed E-state index contributed by atoms with van der Waals surface area (Å²) >= 11 is 0. The van der Waals surface area contributed by atoms with E-state index in [-0.39, 0.29) is 6.10 Å². The molecule has 0 aliphatic carbocycles. The van der Waals surface area contributed by atoms with E-state index in [1.54, 1.807) is 41.8 Å². The highest BCUT2D eigenvalue weighted by atomic mass is 16.5. The molecule has 0 bridgehead atoms. The Morgan fingerprint density at radius 1 is 0.615 bits per heavy atom. The van der Waals surface area contributed by atoms with Crippen LogP contribution in [0.25, 0.3) is 44.6 Å². The van der Waals surface area contributed by atoms with E-state index in [1.807, 2.05) is 62.4 Å². The third-order valence-corrected chi connectivity index (χ3v) is 6.50. The van der Waals surface area contributed by atoms with Crippen LogP contribution in [0.5, 0.6) is 34.5 Å². The quantitative estimate of drug-likeness (QED) is 0.200. The normalized spacial score (nSPS) is 11.2. The molecular weight excluding hydrogens is 498 g/mol. The number of nitrogens with zero attached hydrogens (tertiary/aromatic N) is 1. The predicted octanol–water partition coefficient (Wildman–Crippen LogP) is 7.10. The fourth-order valence-electron chi connectivity index (χ4n) is 4.76. The van der Waals surface area contributed by atoms with Gasteiger partial charge >= 0.3 is 0 Å². The molecule has 0 saturated heterocycles. The van der Waals surface area contributed by atoms with E-state index in [0.717, 1.165) is 33.3 Å². The zero-order chi connectivity index (χ0) is 27.7. The van der Waals surface area contributed by atoms with Gasteiger partial charge in [-0.1, -0.05) is 6.07 Å². The number of methoxy groups -OCH3 is 5. The SMILES string of the molecule is COc1ccc(-c2nc3coc4cc(OC(C)C)c(OC)cc4c-3c2-c2ccc(OC)c(OC)c2)cc1OC. The van der Waals surface area contributed by atoms with E-state index in [0.29, 0.717) is 45.8 Å². The van der Waals surface area contributed by atoms with Gasteiger partial charge in [-0.3, -0.25) is 0 Å². The summed E-state index contributed by atoms with van der Waals surface area (Å²) in [5, 5.41) is 0.837. The molecule has 39 heavy (non-hydrogen) atoms. The van der Waals surface area contributed by atoms with Crippen molar-refractivity contribution in [2.24, 2.45) is 0 Å². The molecule has 3 aromatic rings. The van der Waals surface area contributed by atoms with Crippen LogP contribution in [0.15, 0.2) is 59.2 Å². The summed E-state index contributed by atoms with van der Waals surface area (Å²) in [4.78, 5) is 5.03. The lowest BCUT2D eigenvalue weighted by molar-refractivity contribution is 0.230.